The van der Waals surface area contributed by atoms with Gasteiger partial charge in [-0.15, -0.1) is 11.3 Å². The smallest absolute Gasteiger partial charge is 0.353 e. The van der Waals surface area contributed by atoms with E-state index in [4.69, 9.17) is 15.3 Å². The van der Waals surface area contributed by atoms with Gasteiger partial charge >= 0.3 is 5.97 Å². The Morgan fingerprint density at radius 1 is 1.32 bits per heavy atom. The van der Waals surface area contributed by atoms with Crippen LogP contribution in [0.25, 0.3) is 0 Å². The summed E-state index contributed by atoms with van der Waals surface area (Å²) in [4.78, 5) is 46.0. The van der Waals surface area contributed by atoms with Gasteiger partial charge in [0.15, 0.2) is 10.8 Å². The van der Waals surface area contributed by atoms with E-state index in [0.29, 0.717) is 0 Å². The molecule has 28 heavy (non-hydrogen) atoms. The second-order valence-electron chi connectivity index (χ2n) is 7.86. The van der Waals surface area contributed by atoms with Crippen molar-refractivity contribution in [2.24, 2.45) is 5.16 Å². The Balaban J connectivity index is 2.22. The van der Waals surface area contributed by atoms with Gasteiger partial charge in [0.1, 0.15) is 17.3 Å². The Morgan fingerprint density at radius 2 is 1.96 bits per heavy atom. The number of thiazole rings is 1. The summed E-state index contributed by atoms with van der Waals surface area (Å²) in [6.07, 6.45) is 0. The van der Waals surface area contributed by atoms with E-state index in [2.05, 4.69) is 20.8 Å². The number of nitrogen functional groups attached to an aromatic ring is 1. The molecule has 0 bridgehead atoms. The minimum absolute atomic E-state index is 0.173. The van der Waals surface area contributed by atoms with E-state index in [1.54, 1.807) is 27.7 Å². The number of rotatable bonds is 6. The molecule has 0 radical (unpaired) electrons. The molecule has 2 heterocycles. The minimum Gasteiger partial charge on any atom is -0.457 e. The molecule has 1 aliphatic rings. The molecule has 1 saturated heterocycles. The number of oxime groups is 1. The molecule has 4 N–H and O–H groups in total. The van der Waals surface area contributed by atoms with Gasteiger partial charge in [0.2, 0.25) is 11.5 Å². The van der Waals surface area contributed by atoms with Crippen molar-refractivity contribution < 1.29 is 24.0 Å². The van der Waals surface area contributed by atoms with Crippen LogP contribution in [-0.2, 0) is 24.0 Å². The molecule has 10 nitrogen and oxygen atoms in total. The number of ether oxygens (including phenoxy) is 1. The second kappa shape index (κ2) is 7.74. The number of aromatic nitrogens is 1. The van der Waals surface area contributed by atoms with E-state index >= 15 is 0 Å². The van der Waals surface area contributed by atoms with E-state index < -0.39 is 29.1 Å². The Labute approximate surface area is 166 Å². The lowest BCUT2D eigenvalue weighted by atomic mass is 10.0. The van der Waals surface area contributed by atoms with E-state index in [9.17, 15) is 14.4 Å². The zero-order valence-electron chi connectivity index (χ0n) is 16.7. The van der Waals surface area contributed by atoms with Crippen LogP contribution in [0.1, 0.15) is 47.2 Å². The number of β-lactam (4-membered cyclic amide) rings is 1. The van der Waals surface area contributed by atoms with Crippen molar-refractivity contribution in [2.45, 2.75) is 64.8 Å². The molecule has 1 aliphatic heterocycles. The molecule has 0 saturated carbocycles. The Morgan fingerprint density at radius 3 is 2.43 bits per heavy atom. The molecule has 0 aliphatic carbocycles. The predicted octanol–water partition coefficient (Wildman–Crippen LogP) is 0.569. The number of anilines is 1. The number of hydrogen-bond acceptors (Lipinski definition) is 9. The van der Waals surface area contributed by atoms with Crippen LogP contribution in [0, 0.1) is 0 Å². The molecule has 0 aromatic carbocycles. The molecule has 1 fully saturated rings. The molecule has 2 rings (SSSR count). The quantitative estimate of drug-likeness (QED) is 0.268. The third-order valence-corrected chi connectivity index (χ3v) is 4.35. The number of carbonyl (C=O) groups is 3. The third kappa shape index (κ3) is 5.18. The lowest BCUT2D eigenvalue weighted by Crippen LogP contribution is -2.68. The lowest BCUT2D eigenvalue weighted by molar-refractivity contribution is -0.179. The van der Waals surface area contributed by atoms with Gasteiger partial charge in [0.25, 0.3) is 5.91 Å². The highest BCUT2D eigenvalue weighted by molar-refractivity contribution is 7.13. The summed E-state index contributed by atoms with van der Waals surface area (Å²) in [5, 5.41) is 10.8. The number of amides is 2. The summed E-state index contributed by atoms with van der Waals surface area (Å²) >= 11 is 1.12. The number of hydrogen-bond donors (Lipinski definition) is 3. The summed E-state index contributed by atoms with van der Waals surface area (Å²) < 4.78 is 5.30. The maximum atomic E-state index is 12.7. The summed E-state index contributed by atoms with van der Waals surface area (Å²) in [7, 11) is 0. The van der Waals surface area contributed by atoms with Gasteiger partial charge in [-0.3, -0.25) is 9.59 Å². The zero-order valence-corrected chi connectivity index (χ0v) is 17.5. The lowest BCUT2D eigenvalue weighted by Gasteiger charge is -2.34. The maximum absolute atomic E-state index is 12.7. The Hall–Kier alpha value is -2.69. The number of esters is 1. The number of carbonyl (C=O) groups excluding carboxylic acids is 3. The first-order valence-corrected chi connectivity index (χ1v) is 9.50. The number of nitrogens with one attached hydrogen (secondary N) is 2. The fourth-order valence-electron chi connectivity index (χ4n) is 2.13. The molecule has 2 amide bonds. The van der Waals surface area contributed by atoms with Crippen molar-refractivity contribution in [3.8, 4) is 0 Å². The van der Waals surface area contributed by atoms with Crippen molar-refractivity contribution in [3.05, 3.63) is 11.1 Å². The van der Waals surface area contributed by atoms with E-state index in [1.807, 2.05) is 0 Å². The van der Waals surface area contributed by atoms with E-state index in [-0.39, 0.29) is 28.5 Å². The number of nitrogens with zero attached hydrogens (tertiary/aromatic N) is 2. The van der Waals surface area contributed by atoms with Gasteiger partial charge in [-0.05, 0) is 41.5 Å². The van der Waals surface area contributed by atoms with Crippen LogP contribution >= 0.6 is 11.3 Å². The third-order valence-electron chi connectivity index (χ3n) is 3.67. The molecule has 2 atom stereocenters. The van der Waals surface area contributed by atoms with Crippen molar-refractivity contribution in [1.29, 1.82) is 0 Å². The van der Waals surface area contributed by atoms with E-state index in [0.717, 1.165) is 11.3 Å². The van der Waals surface area contributed by atoms with Crippen LogP contribution in [0.4, 0.5) is 5.13 Å². The summed E-state index contributed by atoms with van der Waals surface area (Å²) in [5.41, 5.74) is 3.45. The van der Waals surface area contributed by atoms with Gasteiger partial charge in [0, 0.05) is 5.38 Å². The molecule has 154 valence electrons. The predicted molar refractivity (Wildman–Crippen MR) is 104 cm³/mol. The summed E-state index contributed by atoms with van der Waals surface area (Å²) in [5.74, 6) is -1.61. The van der Waals surface area contributed by atoms with Crippen LogP contribution < -0.4 is 16.4 Å². The zero-order chi connectivity index (χ0) is 21.3. The highest BCUT2D eigenvalue weighted by Gasteiger charge is 2.39. The van der Waals surface area contributed by atoms with Gasteiger partial charge < -0.3 is 25.9 Å². The van der Waals surface area contributed by atoms with Gasteiger partial charge in [-0.1, -0.05) is 5.16 Å². The van der Waals surface area contributed by atoms with Gasteiger partial charge in [-0.25, -0.2) is 9.78 Å². The first kappa shape index (κ1) is 21.6. The van der Waals surface area contributed by atoms with Crippen LogP contribution in [0.2, 0.25) is 0 Å². The van der Waals surface area contributed by atoms with Crippen molar-refractivity contribution in [1.82, 2.24) is 15.6 Å². The standard InChI is InChI=1S/C17H25N5O5S/c1-8-10(12(23)19-8)21-13(24)11(9-7-28-15(18)20-9)22-27-17(5,6)14(25)26-16(2,3)4/h7-8,10H,1-6H3,(H2,18,20)(H,19,23)(H,21,24)/b22-11-/t8-,10-/m0/s1. The van der Waals surface area contributed by atoms with Gasteiger partial charge in [0.05, 0.1) is 6.04 Å². The normalized spacial score (nSPS) is 20.1. The summed E-state index contributed by atoms with van der Waals surface area (Å²) in [6, 6.07) is -0.898. The molecule has 0 unspecified atom stereocenters. The van der Waals surface area contributed by atoms with Crippen LogP contribution in [0.5, 0.6) is 0 Å². The van der Waals surface area contributed by atoms with Crippen molar-refractivity contribution in [3.63, 3.8) is 0 Å². The summed E-state index contributed by atoms with van der Waals surface area (Å²) in [6.45, 7) is 9.88. The Kier molecular flexibility index (Phi) is 5.97. The first-order valence-electron chi connectivity index (χ1n) is 8.62. The largest absolute Gasteiger partial charge is 0.457 e. The SMILES string of the molecule is C[C@@H]1NC(=O)[C@H]1NC(=O)/C(=N\OC(C)(C)C(=O)OC(C)(C)C)c1csc(N)n1. The first-order chi connectivity index (χ1) is 12.8. The fraction of sp³-hybridized carbons (Fsp3) is 0.588. The van der Waals surface area contributed by atoms with Crippen LogP contribution in [-0.4, -0.2) is 51.8 Å². The van der Waals surface area contributed by atoms with Crippen LogP contribution in [0.3, 0.4) is 0 Å². The van der Waals surface area contributed by atoms with E-state index in [1.165, 1.54) is 19.2 Å². The monoisotopic (exact) mass is 411 g/mol. The topological polar surface area (TPSA) is 145 Å². The fourth-order valence-corrected chi connectivity index (χ4v) is 2.68. The molecular formula is C17H25N5O5S. The Bertz CT molecular complexity index is 811. The minimum atomic E-state index is -1.46. The average Bonchev–Trinajstić information content (AvgIpc) is 2.97. The average molecular weight is 411 g/mol. The highest BCUT2D eigenvalue weighted by atomic mass is 32.1. The highest BCUT2D eigenvalue weighted by Crippen LogP contribution is 2.19. The second-order valence-corrected chi connectivity index (χ2v) is 8.75. The van der Waals surface area contributed by atoms with Crippen molar-refractivity contribution >= 4 is 40.0 Å². The molecule has 1 aromatic heterocycles. The van der Waals surface area contributed by atoms with Gasteiger partial charge in [-0.2, -0.15) is 0 Å². The number of nitrogens with two attached hydrogens (primary N) is 1. The molecule has 11 heteroatoms. The van der Waals surface area contributed by atoms with Crippen molar-refractivity contribution in [2.75, 3.05) is 5.73 Å². The van der Waals surface area contributed by atoms with Crippen LogP contribution in [0.15, 0.2) is 10.5 Å². The molecule has 1 aromatic rings. The maximum Gasteiger partial charge on any atom is 0.353 e. The molecule has 0 spiro atoms. The molecular weight excluding hydrogens is 386 g/mol.